The van der Waals surface area contributed by atoms with Crippen LogP contribution in [-0.4, -0.2) is 48.2 Å². The van der Waals surface area contributed by atoms with Crippen LogP contribution in [0.15, 0.2) is 55.0 Å². The smallest absolute Gasteiger partial charge is 0.251 e. The number of nitrogens with one attached hydrogen (secondary N) is 1. The summed E-state index contributed by atoms with van der Waals surface area (Å²) in [5.74, 6) is -0.112. The summed E-state index contributed by atoms with van der Waals surface area (Å²) < 4.78 is 1.90. The van der Waals surface area contributed by atoms with Crippen LogP contribution in [0.4, 0.5) is 17.1 Å². The van der Waals surface area contributed by atoms with Gasteiger partial charge in [0.1, 0.15) is 0 Å². The highest BCUT2D eigenvalue weighted by Gasteiger charge is 2.20. The first-order valence-corrected chi connectivity index (χ1v) is 10.7. The Morgan fingerprint density at radius 1 is 1.06 bits per heavy atom. The molecule has 0 spiro atoms. The van der Waals surface area contributed by atoms with Gasteiger partial charge in [0.05, 0.1) is 23.4 Å². The molecule has 2 heterocycles. The Labute approximate surface area is 183 Å². The molecule has 0 bridgehead atoms. The molecule has 1 fully saturated rings. The number of para-hydroxylation sites is 1. The lowest BCUT2D eigenvalue weighted by atomic mass is 10.1. The van der Waals surface area contributed by atoms with Gasteiger partial charge in [0, 0.05) is 63.6 Å². The Bertz CT molecular complexity index is 1050. The lowest BCUT2D eigenvalue weighted by molar-refractivity contribution is 0.0954. The van der Waals surface area contributed by atoms with Crippen molar-refractivity contribution in [2.75, 3.05) is 48.3 Å². The van der Waals surface area contributed by atoms with Crippen LogP contribution in [0.5, 0.6) is 0 Å². The SMILES string of the molecule is Cc1ccccc1N1CCN(c2ccc(C(=O)NCCc3cn(C)cn3)cc2N)CC1. The van der Waals surface area contributed by atoms with E-state index in [-0.39, 0.29) is 5.91 Å². The second-order valence-corrected chi connectivity index (χ2v) is 8.07. The lowest BCUT2D eigenvalue weighted by Gasteiger charge is -2.38. The summed E-state index contributed by atoms with van der Waals surface area (Å²) in [5, 5.41) is 2.95. The molecule has 7 heteroatoms. The molecule has 4 rings (SSSR count). The molecule has 3 aromatic rings. The second-order valence-electron chi connectivity index (χ2n) is 8.07. The van der Waals surface area contributed by atoms with Gasteiger partial charge in [-0.2, -0.15) is 0 Å². The Morgan fingerprint density at radius 3 is 2.42 bits per heavy atom. The predicted octanol–water partition coefficient (Wildman–Crippen LogP) is 2.61. The van der Waals surface area contributed by atoms with Gasteiger partial charge in [-0.05, 0) is 36.8 Å². The van der Waals surface area contributed by atoms with Gasteiger partial charge in [0.2, 0.25) is 0 Å². The van der Waals surface area contributed by atoms with Crippen molar-refractivity contribution < 1.29 is 4.79 Å². The van der Waals surface area contributed by atoms with Crippen molar-refractivity contribution >= 4 is 23.0 Å². The maximum Gasteiger partial charge on any atom is 0.251 e. The minimum absolute atomic E-state index is 0.112. The molecular weight excluding hydrogens is 388 g/mol. The highest BCUT2D eigenvalue weighted by Crippen LogP contribution is 2.27. The fourth-order valence-electron chi connectivity index (χ4n) is 4.09. The molecule has 0 radical (unpaired) electrons. The van der Waals surface area contributed by atoms with Crippen LogP contribution < -0.4 is 20.9 Å². The molecule has 1 saturated heterocycles. The fraction of sp³-hybridized carbons (Fsp3) is 0.333. The van der Waals surface area contributed by atoms with E-state index < -0.39 is 0 Å². The fourth-order valence-corrected chi connectivity index (χ4v) is 4.09. The third kappa shape index (κ3) is 4.82. The van der Waals surface area contributed by atoms with Crippen LogP contribution in [0.2, 0.25) is 0 Å². The molecule has 1 aliphatic heterocycles. The molecule has 7 nitrogen and oxygen atoms in total. The predicted molar refractivity (Wildman–Crippen MR) is 126 cm³/mol. The van der Waals surface area contributed by atoms with Gasteiger partial charge >= 0.3 is 0 Å². The molecule has 1 aliphatic rings. The van der Waals surface area contributed by atoms with Crippen LogP contribution in [0.25, 0.3) is 0 Å². The zero-order chi connectivity index (χ0) is 21.8. The van der Waals surface area contributed by atoms with Crippen molar-refractivity contribution in [2.45, 2.75) is 13.3 Å². The summed E-state index contributed by atoms with van der Waals surface area (Å²) in [6.07, 6.45) is 4.42. The van der Waals surface area contributed by atoms with Crippen LogP contribution in [-0.2, 0) is 13.5 Å². The number of benzene rings is 2. The van der Waals surface area contributed by atoms with Crippen molar-refractivity contribution in [3.8, 4) is 0 Å². The molecule has 31 heavy (non-hydrogen) atoms. The molecular formula is C24H30N6O. The number of aromatic nitrogens is 2. The maximum absolute atomic E-state index is 12.5. The number of imidazole rings is 1. The van der Waals surface area contributed by atoms with Crippen LogP contribution in [0, 0.1) is 6.92 Å². The van der Waals surface area contributed by atoms with E-state index in [0.717, 1.165) is 37.6 Å². The number of amides is 1. The van der Waals surface area contributed by atoms with Crippen LogP contribution in [0.1, 0.15) is 21.6 Å². The van der Waals surface area contributed by atoms with E-state index in [2.05, 4.69) is 51.3 Å². The normalized spacial score (nSPS) is 14.0. The minimum atomic E-state index is -0.112. The number of piperazine rings is 1. The molecule has 162 valence electrons. The number of nitrogens with two attached hydrogens (primary N) is 1. The Balaban J connectivity index is 1.33. The third-order valence-corrected chi connectivity index (χ3v) is 5.79. The summed E-state index contributed by atoms with van der Waals surface area (Å²) in [7, 11) is 1.93. The van der Waals surface area contributed by atoms with E-state index >= 15 is 0 Å². The number of aryl methyl sites for hydroxylation is 2. The summed E-state index contributed by atoms with van der Waals surface area (Å²) in [6, 6.07) is 14.1. The highest BCUT2D eigenvalue weighted by atomic mass is 16.1. The molecule has 0 saturated carbocycles. The van der Waals surface area contributed by atoms with Gasteiger partial charge < -0.3 is 25.4 Å². The van der Waals surface area contributed by atoms with Crippen LogP contribution in [0.3, 0.4) is 0 Å². The maximum atomic E-state index is 12.5. The standard InChI is InChI=1S/C24H30N6O/c1-18-5-3-4-6-22(18)29-11-13-30(14-12-29)23-8-7-19(15-21(23)25)24(31)26-10-9-20-16-28(2)17-27-20/h3-8,15-17H,9-14,25H2,1-2H3,(H,26,31). The largest absolute Gasteiger partial charge is 0.397 e. The summed E-state index contributed by atoms with van der Waals surface area (Å²) in [5.41, 5.74) is 12.1. The first-order valence-electron chi connectivity index (χ1n) is 10.7. The lowest BCUT2D eigenvalue weighted by Crippen LogP contribution is -2.47. The van der Waals surface area contributed by atoms with Crippen molar-refractivity contribution in [1.82, 2.24) is 14.9 Å². The van der Waals surface area contributed by atoms with E-state index in [9.17, 15) is 4.79 Å². The van der Waals surface area contributed by atoms with E-state index in [4.69, 9.17) is 5.73 Å². The minimum Gasteiger partial charge on any atom is -0.397 e. The molecule has 0 atom stereocenters. The van der Waals surface area contributed by atoms with E-state index in [1.54, 1.807) is 12.4 Å². The van der Waals surface area contributed by atoms with Gasteiger partial charge in [0.15, 0.2) is 0 Å². The topological polar surface area (TPSA) is 79.4 Å². The number of rotatable bonds is 6. The Hall–Kier alpha value is -3.48. The molecule has 2 aromatic carbocycles. The molecule has 0 aliphatic carbocycles. The average molecular weight is 419 g/mol. The number of carbonyl (C=O) groups excluding carboxylic acids is 1. The van der Waals surface area contributed by atoms with Gasteiger partial charge in [-0.3, -0.25) is 4.79 Å². The van der Waals surface area contributed by atoms with Gasteiger partial charge in [-0.15, -0.1) is 0 Å². The molecule has 0 unspecified atom stereocenters. The van der Waals surface area contributed by atoms with E-state index in [1.807, 2.05) is 29.9 Å². The van der Waals surface area contributed by atoms with Gasteiger partial charge in [-0.1, -0.05) is 18.2 Å². The van der Waals surface area contributed by atoms with E-state index in [1.165, 1.54) is 11.3 Å². The monoisotopic (exact) mass is 418 g/mol. The number of hydrogen-bond donors (Lipinski definition) is 2. The highest BCUT2D eigenvalue weighted by molar-refractivity contribution is 5.96. The van der Waals surface area contributed by atoms with E-state index in [0.29, 0.717) is 24.2 Å². The number of nitrogen functional groups attached to an aromatic ring is 1. The third-order valence-electron chi connectivity index (χ3n) is 5.79. The summed E-state index contributed by atoms with van der Waals surface area (Å²) in [6.45, 7) is 6.38. The first-order chi connectivity index (χ1) is 15.0. The molecule has 1 amide bonds. The first kappa shape index (κ1) is 20.8. The number of anilines is 3. The van der Waals surface area contributed by atoms with Gasteiger partial charge in [0.25, 0.3) is 5.91 Å². The number of hydrogen-bond acceptors (Lipinski definition) is 5. The van der Waals surface area contributed by atoms with Crippen molar-refractivity contribution in [3.63, 3.8) is 0 Å². The second kappa shape index (κ2) is 9.12. The number of carbonyl (C=O) groups is 1. The average Bonchev–Trinajstić information content (AvgIpc) is 3.19. The molecule has 1 aromatic heterocycles. The zero-order valence-electron chi connectivity index (χ0n) is 18.2. The zero-order valence-corrected chi connectivity index (χ0v) is 18.2. The Morgan fingerprint density at radius 2 is 1.77 bits per heavy atom. The van der Waals surface area contributed by atoms with Gasteiger partial charge in [-0.25, -0.2) is 4.98 Å². The summed E-state index contributed by atoms with van der Waals surface area (Å²) >= 11 is 0. The van der Waals surface area contributed by atoms with Crippen molar-refractivity contribution in [3.05, 3.63) is 71.8 Å². The molecule has 3 N–H and O–H groups in total. The Kier molecular flexibility index (Phi) is 6.11. The van der Waals surface area contributed by atoms with Crippen molar-refractivity contribution in [2.24, 2.45) is 7.05 Å². The summed E-state index contributed by atoms with van der Waals surface area (Å²) in [4.78, 5) is 21.5. The number of nitrogens with zero attached hydrogens (tertiary/aromatic N) is 4. The van der Waals surface area contributed by atoms with Crippen LogP contribution >= 0.6 is 0 Å². The quantitative estimate of drug-likeness (QED) is 0.602. The van der Waals surface area contributed by atoms with Crippen molar-refractivity contribution in [1.29, 1.82) is 0 Å².